The molecule has 0 aliphatic heterocycles. The van der Waals surface area contributed by atoms with Crippen molar-refractivity contribution in [2.24, 2.45) is 11.7 Å². The van der Waals surface area contributed by atoms with Crippen LogP contribution in [0.5, 0.6) is 0 Å². The molecule has 0 aliphatic carbocycles. The molecule has 3 N–H and O–H groups in total. The van der Waals surface area contributed by atoms with Crippen LogP contribution >= 0.6 is 11.3 Å². The highest BCUT2D eigenvalue weighted by molar-refractivity contribution is 7.09. The van der Waals surface area contributed by atoms with Gasteiger partial charge in [-0.3, -0.25) is 0 Å². The first kappa shape index (κ1) is 12.6. The van der Waals surface area contributed by atoms with Crippen molar-refractivity contribution < 1.29 is 0 Å². The summed E-state index contributed by atoms with van der Waals surface area (Å²) in [6, 6.07) is 0. The number of aryl methyl sites for hydroxylation is 1. The summed E-state index contributed by atoms with van der Waals surface area (Å²) >= 11 is 1.73. The predicted molar refractivity (Wildman–Crippen MR) is 66.0 cm³/mol. The van der Waals surface area contributed by atoms with E-state index in [1.165, 1.54) is 11.4 Å². The fourth-order valence-electron chi connectivity index (χ4n) is 1.48. The summed E-state index contributed by atoms with van der Waals surface area (Å²) in [6.45, 7) is 7.04. The van der Waals surface area contributed by atoms with Gasteiger partial charge in [-0.1, -0.05) is 6.92 Å². The standard InChI is InChI=1S/C11H21N3S/c1-9(4-3-5-12)6-13-7-11-14-10(2)8-15-11/h8-9,13H,3-7,12H2,1-2H3. The molecule has 1 heterocycles. The van der Waals surface area contributed by atoms with E-state index in [0.717, 1.165) is 31.7 Å². The number of nitrogens with one attached hydrogen (secondary N) is 1. The van der Waals surface area contributed by atoms with Gasteiger partial charge >= 0.3 is 0 Å². The van der Waals surface area contributed by atoms with E-state index in [0.29, 0.717) is 5.92 Å². The first-order valence-electron chi connectivity index (χ1n) is 5.54. The van der Waals surface area contributed by atoms with E-state index in [9.17, 15) is 0 Å². The SMILES string of the molecule is Cc1csc(CNCC(C)CCCN)n1. The molecule has 0 saturated carbocycles. The second-order valence-electron chi connectivity index (χ2n) is 4.05. The van der Waals surface area contributed by atoms with Crippen LogP contribution < -0.4 is 11.1 Å². The Labute approximate surface area is 96.1 Å². The zero-order valence-electron chi connectivity index (χ0n) is 9.62. The predicted octanol–water partition coefficient (Wildman–Crippen LogP) is 1.92. The van der Waals surface area contributed by atoms with Crippen molar-refractivity contribution in [3.8, 4) is 0 Å². The van der Waals surface area contributed by atoms with Gasteiger partial charge in [-0.15, -0.1) is 11.3 Å². The van der Waals surface area contributed by atoms with Gasteiger partial charge in [-0.25, -0.2) is 4.98 Å². The molecule has 1 aromatic heterocycles. The first-order valence-corrected chi connectivity index (χ1v) is 6.42. The molecule has 0 aromatic carbocycles. The number of nitrogens with two attached hydrogens (primary N) is 1. The maximum absolute atomic E-state index is 5.47. The van der Waals surface area contributed by atoms with Crippen molar-refractivity contribution in [3.05, 3.63) is 16.1 Å². The van der Waals surface area contributed by atoms with E-state index >= 15 is 0 Å². The fraction of sp³-hybridized carbons (Fsp3) is 0.727. The second-order valence-corrected chi connectivity index (χ2v) is 4.99. The summed E-state index contributed by atoms with van der Waals surface area (Å²) in [4.78, 5) is 4.41. The zero-order chi connectivity index (χ0) is 11.1. The van der Waals surface area contributed by atoms with E-state index < -0.39 is 0 Å². The van der Waals surface area contributed by atoms with Crippen molar-refractivity contribution >= 4 is 11.3 Å². The van der Waals surface area contributed by atoms with Crippen LogP contribution in [-0.4, -0.2) is 18.1 Å². The quantitative estimate of drug-likeness (QED) is 0.748. The topological polar surface area (TPSA) is 50.9 Å². The Morgan fingerprint density at radius 3 is 3.00 bits per heavy atom. The third-order valence-electron chi connectivity index (χ3n) is 2.34. The highest BCUT2D eigenvalue weighted by Gasteiger charge is 2.02. The molecular formula is C11H21N3S. The van der Waals surface area contributed by atoms with Crippen LogP contribution in [0.3, 0.4) is 0 Å². The van der Waals surface area contributed by atoms with Crippen molar-refractivity contribution in [2.45, 2.75) is 33.2 Å². The third-order valence-corrected chi connectivity index (χ3v) is 3.30. The maximum atomic E-state index is 5.47. The Balaban J connectivity index is 2.10. The van der Waals surface area contributed by atoms with Gasteiger partial charge in [0, 0.05) is 17.6 Å². The van der Waals surface area contributed by atoms with Gasteiger partial charge in [0.25, 0.3) is 0 Å². The Bertz CT molecular complexity index is 273. The summed E-state index contributed by atoms with van der Waals surface area (Å²) in [5, 5.41) is 6.70. The van der Waals surface area contributed by atoms with Crippen LogP contribution in [0.2, 0.25) is 0 Å². The molecule has 4 heteroatoms. The molecule has 0 bridgehead atoms. The molecule has 0 aliphatic rings. The maximum Gasteiger partial charge on any atom is 0.107 e. The molecule has 0 radical (unpaired) electrons. The number of rotatable bonds is 7. The lowest BCUT2D eigenvalue weighted by Crippen LogP contribution is -2.21. The summed E-state index contributed by atoms with van der Waals surface area (Å²) in [6.07, 6.45) is 2.33. The summed E-state index contributed by atoms with van der Waals surface area (Å²) < 4.78 is 0. The van der Waals surface area contributed by atoms with Gasteiger partial charge in [0.05, 0.1) is 0 Å². The molecule has 0 spiro atoms. The molecule has 1 aromatic rings. The monoisotopic (exact) mass is 227 g/mol. The Kier molecular flexibility index (Phi) is 5.83. The lowest BCUT2D eigenvalue weighted by molar-refractivity contribution is 0.469. The highest BCUT2D eigenvalue weighted by Crippen LogP contribution is 2.08. The molecule has 86 valence electrons. The molecule has 3 nitrogen and oxygen atoms in total. The number of aromatic nitrogens is 1. The van der Waals surface area contributed by atoms with Crippen LogP contribution in [0.4, 0.5) is 0 Å². The molecule has 1 unspecified atom stereocenters. The van der Waals surface area contributed by atoms with E-state index in [2.05, 4.69) is 22.6 Å². The van der Waals surface area contributed by atoms with Gasteiger partial charge in [0.1, 0.15) is 5.01 Å². The summed E-state index contributed by atoms with van der Waals surface area (Å²) in [7, 11) is 0. The van der Waals surface area contributed by atoms with Crippen molar-refractivity contribution in [1.82, 2.24) is 10.3 Å². The van der Waals surface area contributed by atoms with Gasteiger partial charge in [0.2, 0.25) is 0 Å². The van der Waals surface area contributed by atoms with Gasteiger partial charge in [-0.2, -0.15) is 0 Å². The normalized spacial score (nSPS) is 13.0. The van der Waals surface area contributed by atoms with Gasteiger partial charge in [0.15, 0.2) is 0 Å². The molecule has 1 rings (SSSR count). The molecule has 15 heavy (non-hydrogen) atoms. The fourth-order valence-corrected chi connectivity index (χ4v) is 2.22. The van der Waals surface area contributed by atoms with Crippen molar-refractivity contribution in [3.63, 3.8) is 0 Å². The first-order chi connectivity index (χ1) is 7.22. The van der Waals surface area contributed by atoms with E-state index in [4.69, 9.17) is 5.73 Å². The van der Waals surface area contributed by atoms with Crippen LogP contribution in [0.1, 0.15) is 30.5 Å². The van der Waals surface area contributed by atoms with Crippen LogP contribution in [-0.2, 0) is 6.54 Å². The molecule has 0 saturated heterocycles. The van der Waals surface area contributed by atoms with Crippen molar-refractivity contribution in [2.75, 3.05) is 13.1 Å². The lowest BCUT2D eigenvalue weighted by Gasteiger charge is -2.10. The lowest BCUT2D eigenvalue weighted by atomic mass is 10.1. The van der Waals surface area contributed by atoms with Crippen LogP contribution in [0.25, 0.3) is 0 Å². The van der Waals surface area contributed by atoms with Gasteiger partial charge in [-0.05, 0) is 38.8 Å². The van der Waals surface area contributed by atoms with Crippen LogP contribution in [0.15, 0.2) is 5.38 Å². The number of thiazole rings is 1. The highest BCUT2D eigenvalue weighted by atomic mass is 32.1. The zero-order valence-corrected chi connectivity index (χ0v) is 10.4. The average Bonchev–Trinajstić information content (AvgIpc) is 2.61. The molecular weight excluding hydrogens is 206 g/mol. The minimum Gasteiger partial charge on any atom is -0.330 e. The Morgan fingerprint density at radius 2 is 2.40 bits per heavy atom. The van der Waals surface area contributed by atoms with Gasteiger partial charge < -0.3 is 11.1 Å². The molecule has 0 fully saturated rings. The Morgan fingerprint density at radius 1 is 1.60 bits per heavy atom. The molecule has 1 atom stereocenters. The van der Waals surface area contributed by atoms with Crippen molar-refractivity contribution in [1.29, 1.82) is 0 Å². The second kappa shape index (κ2) is 6.93. The largest absolute Gasteiger partial charge is 0.330 e. The van der Waals surface area contributed by atoms with E-state index in [1.54, 1.807) is 11.3 Å². The summed E-state index contributed by atoms with van der Waals surface area (Å²) in [5.41, 5.74) is 6.59. The number of nitrogens with zero attached hydrogens (tertiary/aromatic N) is 1. The number of hydrogen-bond acceptors (Lipinski definition) is 4. The smallest absolute Gasteiger partial charge is 0.107 e. The third kappa shape index (κ3) is 5.25. The minimum absolute atomic E-state index is 0.703. The molecule has 0 amide bonds. The number of hydrogen-bond donors (Lipinski definition) is 2. The minimum atomic E-state index is 0.703. The summed E-state index contributed by atoms with van der Waals surface area (Å²) in [5.74, 6) is 0.703. The van der Waals surface area contributed by atoms with Crippen LogP contribution in [0, 0.1) is 12.8 Å². The van der Waals surface area contributed by atoms with E-state index in [1.807, 2.05) is 6.92 Å². The Hall–Kier alpha value is -0.450. The average molecular weight is 227 g/mol. The van der Waals surface area contributed by atoms with E-state index in [-0.39, 0.29) is 0 Å².